The predicted octanol–water partition coefficient (Wildman–Crippen LogP) is 2.79. The van der Waals surface area contributed by atoms with E-state index in [0.29, 0.717) is 35.5 Å². The molecule has 1 aliphatic heterocycles. The minimum absolute atomic E-state index is 0.115. The Kier molecular flexibility index (Phi) is 4.98. The lowest BCUT2D eigenvalue weighted by molar-refractivity contribution is 0.598. The van der Waals surface area contributed by atoms with Crippen molar-refractivity contribution in [3.63, 3.8) is 0 Å². The zero-order valence-electron chi connectivity index (χ0n) is 14.8. The summed E-state index contributed by atoms with van der Waals surface area (Å²) >= 11 is 0. The number of nitrogens with zero attached hydrogens (tertiary/aromatic N) is 1. The quantitative estimate of drug-likeness (QED) is 0.845. The fourth-order valence-corrected chi connectivity index (χ4v) is 5.95. The van der Waals surface area contributed by atoms with Crippen LogP contribution < -0.4 is 9.03 Å². The Hall–Kier alpha value is -2.06. The number of hydrogen-bond donors (Lipinski definition) is 1. The van der Waals surface area contributed by atoms with Crippen LogP contribution >= 0.6 is 0 Å². The van der Waals surface area contributed by atoms with E-state index in [2.05, 4.69) is 4.72 Å². The van der Waals surface area contributed by atoms with Crippen LogP contribution in [0, 0.1) is 13.8 Å². The number of rotatable bonds is 5. The molecule has 2 aromatic carbocycles. The van der Waals surface area contributed by atoms with Crippen LogP contribution in [0.4, 0.5) is 11.4 Å². The first kappa shape index (κ1) is 18.7. The van der Waals surface area contributed by atoms with Crippen LogP contribution in [0.25, 0.3) is 0 Å². The molecule has 0 radical (unpaired) electrons. The molecular weight excluding hydrogens is 372 g/mol. The van der Waals surface area contributed by atoms with Crippen LogP contribution in [-0.2, 0) is 25.8 Å². The minimum atomic E-state index is -3.56. The van der Waals surface area contributed by atoms with Gasteiger partial charge in [-0.05, 0) is 49.6 Å². The summed E-state index contributed by atoms with van der Waals surface area (Å²) in [5, 5.41) is 0. The number of hydrogen-bond acceptors (Lipinski definition) is 4. The van der Waals surface area contributed by atoms with Crippen LogP contribution in [0.3, 0.4) is 0 Å². The molecular formula is C18H22N2O4S2. The number of nitrogens with one attached hydrogen (secondary N) is 1. The van der Waals surface area contributed by atoms with E-state index >= 15 is 0 Å². The van der Waals surface area contributed by atoms with Crippen molar-refractivity contribution in [2.75, 3.05) is 21.3 Å². The minimum Gasteiger partial charge on any atom is -0.283 e. The molecule has 1 heterocycles. The van der Waals surface area contributed by atoms with Crippen molar-refractivity contribution in [2.45, 2.75) is 26.0 Å². The third-order valence-corrected chi connectivity index (χ3v) is 7.39. The summed E-state index contributed by atoms with van der Waals surface area (Å²) in [5.41, 5.74) is 3.46. The average molecular weight is 395 g/mol. The summed E-state index contributed by atoms with van der Waals surface area (Å²) in [6.45, 7) is 4.15. The molecule has 0 saturated carbocycles. The van der Waals surface area contributed by atoms with Crippen molar-refractivity contribution in [1.29, 1.82) is 0 Å². The predicted molar refractivity (Wildman–Crippen MR) is 104 cm³/mol. The zero-order chi connectivity index (χ0) is 18.9. The molecule has 3 rings (SSSR count). The second-order valence-electron chi connectivity index (χ2n) is 6.59. The third-order valence-electron chi connectivity index (χ3n) is 4.28. The maximum absolute atomic E-state index is 12.4. The van der Waals surface area contributed by atoms with E-state index in [9.17, 15) is 16.8 Å². The van der Waals surface area contributed by atoms with Gasteiger partial charge in [0.1, 0.15) is 0 Å². The molecule has 0 bridgehead atoms. The highest BCUT2D eigenvalue weighted by molar-refractivity contribution is 7.93. The highest BCUT2D eigenvalue weighted by atomic mass is 32.2. The Balaban J connectivity index is 1.79. The highest BCUT2D eigenvalue weighted by Gasteiger charge is 2.29. The zero-order valence-corrected chi connectivity index (χ0v) is 16.4. The summed E-state index contributed by atoms with van der Waals surface area (Å²) in [5.74, 6) is 0.0350. The molecule has 6 nitrogen and oxygen atoms in total. The van der Waals surface area contributed by atoms with Gasteiger partial charge in [0, 0.05) is 12.2 Å². The van der Waals surface area contributed by atoms with Crippen LogP contribution in [0.2, 0.25) is 0 Å². The summed E-state index contributed by atoms with van der Waals surface area (Å²) in [6, 6.07) is 12.3. The summed E-state index contributed by atoms with van der Waals surface area (Å²) in [4.78, 5) is 0. The SMILES string of the molecule is Cc1cccc(CS(=O)(=O)Nc2ccc(N3CCCS3(=O)=O)c(C)c2)c1. The standard InChI is InChI=1S/C18H22N2O4S2/c1-14-5-3-6-16(11-14)13-25(21,22)19-17-7-8-18(15(2)12-17)20-9-4-10-26(20,23)24/h3,5-8,11-12,19H,4,9-10,13H2,1-2H3. The molecule has 1 saturated heterocycles. The monoisotopic (exact) mass is 394 g/mol. The molecule has 0 amide bonds. The van der Waals surface area contributed by atoms with E-state index in [-0.39, 0.29) is 11.5 Å². The lowest BCUT2D eigenvalue weighted by Crippen LogP contribution is -2.25. The number of aryl methyl sites for hydroxylation is 2. The first-order valence-electron chi connectivity index (χ1n) is 8.33. The van der Waals surface area contributed by atoms with Crippen LogP contribution in [0.15, 0.2) is 42.5 Å². The van der Waals surface area contributed by atoms with Gasteiger partial charge in [-0.3, -0.25) is 9.03 Å². The van der Waals surface area contributed by atoms with Gasteiger partial charge in [-0.25, -0.2) is 16.8 Å². The van der Waals surface area contributed by atoms with Gasteiger partial charge in [0.2, 0.25) is 20.0 Å². The average Bonchev–Trinajstić information content (AvgIpc) is 2.86. The normalized spacial score (nSPS) is 16.6. The van der Waals surface area contributed by atoms with Gasteiger partial charge in [-0.15, -0.1) is 0 Å². The van der Waals surface area contributed by atoms with E-state index in [1.54, 1.807) is 31.2 Å². The summed E-state index contributed by atoms with van der Waals surface area (Å²) < 4.78 is 53.0. The first-order valence-corrected chi connectivity index (χ1v) is 11.6. The number of anilines is 2. The Morgan fingerprint density at radius 2 is 1.88 bits per heavy atom. The van der Waals surface area contributed by atoms with E-state index in [4.69, 9.17) is 0 Å². The van der Waals surface area contributed by atoms with Crippen molar-refractivity contribution >= 4 is 31.4 Å². The van der Waals surface area contributed by atoms with E-state index in [1.807, 2.05) is 25.1 Å². The van der Waals surface area contributed by atoms with Crippen LogP contribution in [0.5, 0.6) is 0 Å². The molecule has 8 heteroatoms. The van der Waals surface area contributed by atoms with Gasteiger partial charge in [-0.2, -0.15) is 0 Å². The molecule has 0 spiro atoms. The highest BCUT2D eigenvalue weighted by Crippen LogP contribution is 2.29. The molecule has 2 aromatic rings. The lowest BCUT2D eigenvalue weighted by atomic mass is 10.2. The van der Waals surface area contributed by atoms with Gasteiger partial charge in [0.05, 0.1) is 17.2 Å². The summed E-state index contributed by atoms with van der Waals surface area (Å²) in [6.07, 6.45) is 0.604. The molecule has 1 fully saturated rings. The van der Waals surface area contributed by atoms with Gasteiger partial charge >= 0.3 is 0 Å². The van der Waals surface area contributed by atoms with Gasteiger partial charge < -0.3 is 0 Å². The van der Waals surface area contributed by atoms with E-state index in [1.165, 1.54) is 4.31 Å². The third kappa shape index (κ3) is 4.19. The Morgan fingerprint density at radius 1 is 1.12 bits per heavy atom. The smallest absolute Gasteiger partial charge is 0.236 e. The number of sulfonamides is 2. The van der Waals surface area contributed by atoms with Crippen molar-refractivity contribution in [3.05, 3.63) is 59.2 Å². The fraction of sp³-hybridized carbons (Fsp3) is 0.333. The van der Waals surface area contributed by atoms with Crippen LogP contribution in [0.1, 0.15) is 23.1 Å². The first-order chi connectivity index (χ1) is 12.2. The topological polar surface area (TPSA) is 83.6 Å². The Morgan fingerprint density at radius 3 is 2.50 bits per heavy atom. The maximum Gasteiger partial charge on any atom is 0.236 e. The summed E-state index contributed by atoms with van der Waals surface area (Å²) in [7, 11) is -6.82. The molecule has 1 N–H and O–H groups in total. The fourth-order valence-electron chi connectivity index (χ4n) is 3.15. The van der Waals surface area contributed by atoms with Crippen molar-refractivity contribution in [3.8, 4) is 0 Å². The Bertz CT molecular complexity index is 1030. The van der Waals surface area contributed by atoms with Crippen molar-refractivity contribution < 1.29 is 16.8 Å². The van der Waals surface area contributed by atoms with E-state index < -0.39 is 20.0 Å². The molecule has 26 heavy (non-hydrogen) atoms. The number of benzene rings is 2. The molecule has 0 unspecified atom stereocenters. The second-order valence-corrected chi connectivity index (χ2v) is 10.3. The molecule has 140 valence electrons. The van der Waals surface area contributed by atoms with Gasteiger partial charge in [0.25, 0.3) is 0 Å². The molecule has 0 aliphatic carbocycles. The van der Waals surface area contributed by atoms with Gasteiger partial charge in [0.15, 0.2) is 0 Å². The maximum atomic E-state index is 12.4. The Labute approximate surface area is 155 Å². The molecule has 0 aromatic heterocycles. The second kappa shape index (κ2) is 6.92. The lowest BCUT2D eigenvalue weighted by Gasteiger charge is -2.20. The van der Waals surface area contributed by atoms with Crippen LogP contribution in [-0.4, -0.2) is 29.1 Å². The largest absolute Gasteiger partial charge is 0.283 e. The van der Waals surface area contributed by atoms with E-state index in [0.717, 1.165) is 5.56 Å². The molecule has 1 aliphatic rings. The van der Waals surface area contributed by atoms with Crippen molar-refractivity contribution in [2.24, 2.45) is 0 Å². The van der Waals surface area contributed by atoms with Gasteiger partial charge in [-0.1, -0.05) is 29.8 Å². The molecule has 0 atom stereocenters. The van der Waals surface area contributed by atoms with Crippen molar-refractivity contribution in [1.82, 2.24) is 0 Å².